The Balaban J connectivity index is 1.76. The lowest BCUT2D eigenvalue weighted by Gasteiger charge is -2.10. The van der Waals surface area contributed by atoms with Gasteiger partial charge in [-0.3, -0.25) is 10.1 Å². The van der Waals surface area contributed by atoms with E-state index in [-0.39, 0.29) is 11.5 Å². The molecule has 7 nitrogen and oxygen atoms in total. The van der Waals surface area contributed by atoms with Crippen molar-refractivity contribution in [2.45, 2.75) is 20.0 Å². The smallest absolute Gasteiger partial charge is 0.271 e. The second-order valence-corrected chi connectivity index (χ2v) is 6.09. The molecule has 0 radical (unpaired) electrons. The van der Waals surface area contributed by atoms with Gasteiger partial charge in [-0.25, -0.2) is 14.4 Å². The summed E-state index contributed by atoms with van der Waals surface area (Å²) in [4.78, 5) is 19.5. The van der Waals surface area contributed by atoms with Gasteiger partial charge in [-0.1, -0.05) is 12.1 Å². The Kier molecular flexibility index (Phi) is 4.15. The summed E-state index contributed by atoms with van der Waals surface area (Å²) >= 11 is 0. The van der Waals surface area contributed by atoms with Crippen LogP contribution in [0.4, 0.5) is 10.1 Å². The second kappa shape index (κ2) is 6.64. The molecule has 2 heterocycles. The van der Waals surface area contributed by atoms with Crippen LogP contribution in [0.5, 0.6) is 0 Å². The number of benzene rings is 2. The highest BCUT2D eigenvalue weighted by Gasteiger charge is 2.15. The Hall–Kier alpha value is -3.55. The third-order valence-electron chi connectivity index (χ3n) is 4.45. The molecule has 0 unspecified atom stereocenters. The molecule has 0 fully saturated rings. The predicted molar refractivity (Wildman–Crippen MR) is 98.8 cm³/mol. The molecule has 4 rings (SSSR count). The van der Waals surface area contributed by atoms with E-state index in [2.05, 4.69) is 9.97 Å². The van der Waals surface area contributed by atoms with Crippen LogP contribution in [0.15, 0.2) is 54.9 Å². The minimum absolute atomic E-state index is 0.0119. The van der Waals surface area contributed by atoms with E-state index in [1.807, 2.05) is 22.3 Å². The Morgan fingerprint density at radius 3 is 2.81 bits per heavy atom. The average Bonchev–Trinajstić information content (AvgIpc) is 3.25. The van der Waals surface area contributed by atoms with Crippen molar-refractivity contribution in [1.29, 1.82) is 0 Å². The van der Waals surface area contributed by atoms with Gasteiger partial charge in [0.25, 0.3) is 5.69 Å². The number of non-ortho nitro benzene ring substituents is 1. The third-order valence-corrected chi connectivity index (χ3v) is 4.45. The number of fused-ring (bicyclic) bond motifs is 1. The average molecular weight is 365 g/mol. The van der Waals surface area contributed by atoms with Crippen molar-refractivity contribution in [3.05, 3.63) is 76.6 Å². The quantitative estimate of drug-likeness (QED) is 0.395. The molecule has 0 atom stereocenters. The summed E-state index contributed by atoms with van der Waals surface area (Å²) in [6.07, 6.45) is 3.46. The van der Waals surface area contributed by atoms with Gasteiger partial charge >= 0.3 is 0 Å². The van der Waals surface area contributed by atoms with Gasteiger partial charge in [-0.15, -0.1) is 0 Å². The lowest BCUT2D eigenvalue weighted by atomic mass is 10.2. The Bertz CT molecular complexity index is 1150. The zero-order valence-corrected chi connectivity index (χ0v) is 14.5. The van der Waals surface area contributed by atoms with Gasteiger partial charge in [0, 0.05) is 36.6 Å². The van der Waals surface area contributed by atoms with Crippen molar-refractivity contribution in [3.63, 3.8) is 0 Å². The number of nitro groups is 1. The first-order valence-electron chi connectivity index (χ1n) is 8.47. The number of aromatic nitrogens is 4. The van der Waals surface area contributed by atoms with Crippen LogP contribution >= 0.6 is 0 Å². The van der Waals surface area contributed by atoms with Gasteiger partial charge in [0.1, 0.15) is 17.5 Å². The molecule has 0 aliphatic carbocycles. The van der Waals surface area contributed by atoms with Crippen LogP contribution in [0.3, 0.4) is 0 Å². The molecule has 0 saturated heterocycles. The summed E-state index contributed by atoms with van der Waals surface area (Å²) in [7, 11) is 0. The van der Waals surface area contributed by atoms with Crippen LogP contribution in [-0.4, -0.2) is 24.0 Å². The summed E-state index contributed by atoms with van der Waals surface area (Å²) in [5, 5.41) is 11.0. The zero-order chi connectivity index (χ0) is 19.0. The third kappa shape index (κ3) is 3.05. The molecule has 2 aromatic heterocycles. The van der Waals surface area contributed by atoms with E-state index in [4.69, 9.17) is 0 Å². The number of nitrogens with zero attached hydrogens (tertiary/aromatic N) is 5. The summed E-state index contributed by atoms with van der Waals surface area (Å²) in [6, 6.07) is 10.9. The molecule has 0 saturated carbocycles. The first kappa shape index (κ1) is 16.9. The van der Waals surface area contributed by atoms with Gasteiger partial charge < -0.3 is 9.13 Å². The van der Waals surface area contributed by atoms with Gasteiger partial charge in [-0.05, 0) is 25.1 Å². The van der Waals surface area contributed by atoms with Crippen LogP contribution < -0.4 is 0 Å². The number of imidazole rings is 2. The number of rotatable bonds is 5. The fraction of sp³-hybridized carbons (Fsp3) is 0.158. The van der Waals surface area contributed by atoms with Crippen molar-refractivity contribution in [1.82, 2.24) is 19.1 Å². The minimum atomic E-state index is -0.429. The topological polar surface area (TPSA) is 78.8 Å². The van der Waals surface area contributed by atoms with Crippen LogP contribution in [0.2, 0.25) is 0 Å². The van der Waals surface area contributed by atoms with Gasteiger partial charge in [0.15, 0.2) is 0 Å². The minimum Gasteiger partial charge on any atom is -0.327 e. The van der Waals surface area contributed by atoms with Crippen molar-refractivity contribution in [2.24, 2.45) is 0 Å². The van der Waals surface area contributed by atoms with E-state index in [1.54, 1.807) is 24.4 Å². The largest absolute Gasteiger partial charge is 0.327 e. The van der Waals surface area contributed by atoms with E-state index < -0.39 is 4.92 Å². The first-order chi connectivity index (χ1) is 13.1. The molecule has 2 aromatic carbocycles. The standard InChI is InChI=1S/C19H16FN5O2/c1-2-24-17-7-6-15(25(26)27)11-16(17)22-18(24)12-23-9-8-21-19(23)13-4-3-5-14(20)10-13/h3-11H,2,12H2,1H3. The molecule has 27 heavy (non-hydrogen) atoms. The molecule has 0 N–H and O–H groups in total. The fourth-order valence-electron chi connectivity index (χ4n) is 3.23. The number of hydrogen-bond donors (Lipinski definition) is 0. The predicted octanol–water partition coefficient (Wildman–Crippen LogP) is 4.02. The number of nitro benzene ring substituents is 1. The monoisotopic (exact) mass is 365 g/mol. The maximum absolute atomic E-state index is 13.6. The van der Waals surface area contributed by atoms with E-state index in [9.17, 15) is 14.5 Å². The first-order valence-corrected chi connectivity index (χ1v) is 8.47. The number of hydrogen-bond acceptors (Lipinski definition) is 4. The normalized spacial score (nSPS) is 11.2. The SMILES string of the molecule is CCn1c(Cn2ccnc2-c2cccc(F)c2)nc2cc([N+](=O)[O-])ccc21. The second-order valence-electron chi connectivity index (χ2n) is 6.09. The summed E-state index contributed by atoms with van der Waals surface area (Å²) in [6.45, 7) is 3.09. The number of aryl methyl sites for hydroxylation is 1. The van der Waals surface area contributed by atoms with Crippen molar-refractivity contribution in [2.75, 3.05) is 0 Å². The maximum Gasteiger partial charge on any atom is 0.271 e. The van der Waals surface area contributed by atoms with Crippen LogP contribution in [0.1, 0.15) is 12.7 Å². The molecular formula is C19H16FN5O2. The van der Waals surface area contributed by atoms with Crippen molar-refractivity contribution >= 4 is 16.7 Å². The Labute approximate surface area is 153 Å². The number of halogens is 1. The van der Waals surface area contributed by atoms with Gasteiger partial charge in [0.05, 0.1) is 22.5 Å². The molecule has 0 bridgehead atoms. The van der Waals surface area contributed by atoms with Crippen molar-refractivity contribution < 1.29 is 9.31 Å². The molecule has 0 spiro atoms. The van der Waals surface area contributed by atoms with Crippen LogP contribution in [0.25, 0.3) is 22.4 Å². The highest BCUT2D eigenvalue weighted by Crippen LogP contribution is 2.24. The van der Waals surface area contributed by atoms with E-state index in [0.717, 1.165) is 11.3 Å². The van der Waals surface area contributed by atoms with Gasteiger partial charge in [-0.2, -0.15) is 0 Å². The van der Waals surface area contributed by atoms with Crippen LogP contribution in [0, 0.1) is 15.9 Å². The Morgan fingerprint density at radius 1 is 1.22 bits per heavy atom. The summed E-state index contributed by atoms with van der Waals surface area (Å²) < 4.78 is 17.5. The highest BCUT2D eigenvalue weighted by atomic mass is 19.1. The molecule has 0 aliphatic heterocycles. The summed E-state index contributed by atoms with van der Waals surface area (Å²) in [5.41, 5.74) is 2.10. The van der Waals surface area contributed by atoms with Gasteiger partial charge in [0.2, 0.25) is 0 Å². The highest BCUT2D eigenvalue weighted by molar-refractivity contribution is 5.78. The molecular weight excluding hydrogens is 349 g/mol. The molecule has 136 valence electrons. The lowest BCUT2D eigenvalue weighted by Crippen LogP contribution is -2.08. The molecule has 4 aromatic rings. The van der Waals surface area contributed by atoms with Crippen LogP contribution in [-0.2, 0) is 13.1 Å². The molecule has 0 amide bonds. The Morgan fingerprint density at radius 2 is 2.07 bits per heavy atom. The van der Waals surface area contributed by atoms with E-state index >= 15 is 0 Å². The fourth-order valence-corrected chi connectivity index (χ4v) is 3.23. The lowest BCUT2D eigenvalue weighted by molar-refractivity contribution is -0.384. The van der Waals surface area contributed by atoms with Crippen molar-refractivity contribution in [3.8, 4) is 11.4 Å². The maximum atomic E-state index is 13.6. The molecule has 0 aliphatic rings. The van der Waals surface area contributed by atoms with E-state index in [1.165, 1.54) is 24.3 Å². The summed E-state index contributed by atoms with van der Waals surface area (Å²) in [5.74, 6) is 1.06. The molecule has 8 heteroatoms. The zero-order valence-electron chi connectivity index (χ0n) is 14.5. The van der Waals surface area contributed by atoms with E-state index in [0.29, 0.717) is 30.0 Å².